The van der Waals surface area contributed by atoms with Crippen LogP contribution in [0.5, 0.6) is 0 Å². The Kier molecular flexibility index (Phi) is 4.81. The second-order valence-corrected chi connectivity index (χ2v) is 7.17. The molecule has 7 nitrogen and oxygen atoms in total. The number of rotatable bonds is 5. The molecular formula is C16H26O7. The van der Waals surface area contributed by atoms with Crippen LogP contribution in [0.3, 0.4) is 0 Å². The summed E-state index contributed by atoms with van der Waals surface area (Å²) in [5.41, 5.74) is 0.962. The quantitative estimate of drug-likeness (QED) is 0.400. The first-order valence-corrected chi connectivity index (χ1v) is 8.14. The smallest absolute Gasteiger partial charge is 0.187 e. The van der Waals surface area contributed by atoms with Crippen molar-refractivity contribution in [2.45, 2.75) is 50.5 Å². The van der Waals surface area contributed by atoms with E-state index in [1.165, 1.54) is 0 Å². The van der Waals surface area contributed by atoms with Crippen molar-refractivity contribution in [3.8, 4) is 0 Å². The van der Waals surface area contributed by atoms with Gasteiger partial charge in [0, 0.05) is 12.0 Å². The Morgan fingerprint density at radius 1 is 1.22 bits per heavy atom. The Hall–Kier alpha value is -0.540. The van der Waals surface area contributed by atoms with E-state index in [0.717, 1.165) is 18.4 Å². The minimum atomic E-state index is -1.43. The molecule has 1 saturated carbocycles. The lowest BCUT2D eigenvalue weighted by molar-refractivity contribution is -0.299. The van der Waals surface area contributed by atoms with Gasteiger partial charge in [-0.05, 0) is 30.3 Å². The van der Waals surface area contributed by atoms with E-state index in [1.54, 1.807) is 0 Å². The van der Waals surface area contributed by atoms with Gasteiger partial charge < -0.3 is 35.0 Å². The second kappa shape index (κ2) is 6.40. The fourth-order valence-electron chi connectivity index (χ4n) is 4.11. The first-order valence-electron chi connectivity index (χ1n) is 8.14. The number of fused-ring (bicyclic) bond motifs is 1. The third-order valence-corrected chi connectivity index (χ3v) is 5.96. The summed E-state index contributed by atoms with van der Waals surface area (Å²) in [5, 5.41) is 48.3. The number of aliphatic hydroxyl groups is 5. The van der Waals surface area contributed by atoms with Crippen LogP contribution < -0.4 is 0 Å². The van der Waals surface area contributed by atoms with E-state index in [4.69, 9.17) is 9.47 Å². The Bertz CT molecular complexity index is 465. The van der Waals surface area contributed by atoms with Crippen molar-refractivity contribution in [1.29, 1.82) is 0 Å². The molecule has 0 aromatic carbocycles. The van der Waals surface area contributed by atoms with Crippen LogP contribution in [0.1, 0.15) is 19.8 Å². The van der Waals surface area contributed by atoms with Gasteiger partial charge in [0.2, 0.25) is 0 Å². The summed E-state index contributed by atoms with van der Waals surface area (Å²) < 4.78 is 11.0. The maximum atomic E-state index is 9.97. The highest BCUT2D eigenvalue weighted by molar-refractivity contribution is 5.24. The van der Waals surface area contributed by atoms with Crippen LogP contribution in [0.15, 0.2) is 11.6 Å². The molecule has 0 aromatic rings. The molecule has 132 valence electrons. The topological polar surface area (TPSA) is 120 Å². The minimum absolute atomic E-state index is 0.108. The van der Waals surface area contributed by atoms with Crippen LogP contribution in [0.4, 0.5) is 0 Å². The summed E-state index contributed by atoms with van der Waals surface area (Å²) in [6.45, 7) is 1.97. The minimum Gasteiger partial charge on any atom is -0.396 e. The van der Waals surface area contributed by atoms with E-state index in [9.17, 15) is 25.5 Å². The zero-order valence-corrected chi connectivity index (χ0v) is 13.2. The number of aliphatic hydroxyl groups excluding tert-OH is 5. The highest BCUT2D eigenvalue weighted by Crippen LogP contribution is 2.59. The molecule has 0 spiro atoms. The number of hydrogen-bond donors (Lipinski definition) is 5. The van der Waals surface area contributed by atoms with Gasteiger partial charge in [-0.2, -0.15) is 0 Å². The summed E-state index contributed by atoms with van der Waals surface area (Å²) in [7, 11) is 0. The molecule has 23 heavy (non-hydrogen) atoms. The molecule has 1 aliphatic heterocycles. The first-order chi connectivity index (χ1) is 10.9. The number of allylic oxidation sites excluding steroid dienone is 1. The van der Waals surface area contributed by atoms with Crippen LogP contribution in [0, 0.1) is 17.3 Å². The average molecular weight is 330 g/mol. The molecule has 1 saturated heterocycles. The van der Waals surface area contributed by atoms with Crippen molar-refractivity contribution in [3.05, 3.63) is 11.6 Å². The number of hydrogen-bond acceptors (Lipinski definition) is 7. The third-order valence-electron chi connectivity index (χ3n) is 5.96. The van der Waals surface area contributed by atoms with E-state index in [0.29, 0.717) is 5.92 Å². The van der Waals surface area contributed by atoms with Gasteiger partial charge >= 0.3 is 0 Å². The van der Waals surface area contributed by atoms with Crippen LogP contribution >= 0.6 is 0 Å². The third kappa shape index (κ3) is 2.74. The monoisotopic (exact) mass is 330 g/mol. The molecule has 5 N–H and O–H groups in total. The molecule has 0 radical (unpaired) electrons. The molecule has 2 bridgehead atoms. The largest absolute Gasteiger partial charge is 0.396 e. The Balaban J connectivity index is 1.61. The molecule has 3 aliphatic carbocycles. The summed E-state index contributed by atoms with van der Waals surface area (Å²) in [4.78, 5) is 0. The summed E-state index contributed by atoms with van der Waals surface area (Å²) >= 11 is 0. The van der Waals surface area contributed by atoms with Crippen molar-refractivity contribution >= 4 is 0 Å². The molecular weight excluding hydrogens is 304 g/mol. The Morgan fingerprint density at radius 3 is 2.57 bits per heavy atom. The van der Waals surface area contributed by atoms with Gasteiger partial charge in [-0.15, -0.1) is 0 Å². The first kappa shape index (κ1) is 17.3. The van der Waals surface area contributed by atoms with Gasteiger partial charge in [-0.25, -0.2) is 0 Å². The standard InChI is InChI=1S/C16H26O7/c1-16(7-18)9-3-2-8(10(16)4-9)6-22-15-14(21)13(20)12(19)11(5-17)23-15/h2,9-15,17-21H,3-7H2,1H3/t9-,10-,11+,12+,13-,14+,15+,16+/m0/s1. The fourth-order valence-corrected chi connectivity index (χ4v) is 4.11. The summed E-state index contributed by atoms with van der Waals surface area (Å²) in [6, 6.07) is 0. The average Bonchev–Trinajstić information content (AvgIpc) is 2.58. The highest BCUT2D eigenvalue weighted by atomic mass is 16.7. The fraction of sp³-hybridized carbons (Fsp3) is 0.875. The van der Waals surface area contributed by atoms with Gasteiger partial charge in [-0.3, -0.25) is 0 Å². The maximum absolute atomic E-state index is 9.97. The highest BCUT2D eigenvalue weighted by Gasteiger charge is 2.54. The molecule has 0 unspecified atom stereocenters. The van der Waals surface area contributed by atoms with Crippen molar-refractivity contribution in [3.63, 3.8) is 0 Å². The van der Waals surface area contributed by atoms with Crippen LogP contribution in [-0.4, -0.2) is 76.1 Å². The zero-order chi connectivity index (χ0) is 16.8. The zero-order valence-electron chi connectivity index (χ0n) is 13.2. The van der Waals surface area contributed by atoms with Crippen LogP contribution in [0.2, 0.25) is 0 Å². The Labute approximate surface area is 135 Å². The molecule has 4 rings (SSSR count). The van der Waals surface area contributed by atoms with E-state index in [-0.39, 0.29) is 24.5 Å². The van der Waals surface area contributed by atoms with E-state index in [1.807, 2.05) is 0 Å². The molecule has 4 aliphatic rings. The van der Waals surface area contributed by atoms with E-state index >= 15 is 0 Å². The lowest BCUT2D eigenvalue weighted by Crippen LogP contribution is -2.59. The van der Waals surface area contributed by atoms with Crippen LogP contribution in [-0.2, 0) is 9.47 Å². The van der Waals surface area contributed by atoms with Gasteiger partial charge in [0.25, 0.3) is 0 Å². The predicted octanol–water partition coefficient (Wildman–Crippen LogP) is -1.23. The molecule has 0 aromatic heterocycles. The van der Waals surface area contributed by atoms with Gasteiger partial charge in [0.05, 0.1) is 13.2 Å². The molecule has 7 heteroatoms. The predicted molar refractivity (Wildman–Crippen MR) is 79.2 cm³/mol. The lowest BCUT2D eigenvalue weighted by atomic mass is 9.48. The molecule has 8 atom stereocenters. The van der Waals surface area contributed by atoms with Gasteiger partial charge in [-0.1, -0.05) is 13.0 Å². The normalized spacial score (nSPS) is 49.5. The summed E-state index contributed by atoms with van der Waals surface area (Å²) in [5.74, 6) is 0.768. The van der Waals surface area contributed by atoms with Crippen molar-refractivity contribution < 1.29 is 35.0 Å². The molecule has 2 fully saturated rings. The lowest BCUT2D eigenvalue weighted by Gasteiger charge is -2.57. The van der Waals surface area contributed by atoms with E-state index < -0.39 is 37.3 Å². The summed E-state index contributed by atoms with van der Waals surface area (Å²) in [6.07, 6.45) is -2.22. The van der Waals surface area contributed by atoms with Crippen molar-refractivity contribution in [2.75, 3.05) is 19.8 Å². The number of ether oxygens (including phenoxy) is 2. The van der Waals surface area contributed by atoms with Crippen LogP contribution in [0.25, 0.3) is 0 Å². The second-order valence-electron chi connectivity index (χ2n) is 7.17. The van der Waals surface area contributed by atoms with Crippen molar-refractivity contribution in [1.82, 2.24) is 0 Å². The Morgan fingerprint density at radius 2 is 1.96 bits per heavy atom. The van der Waals surface area contributed by atoms with Crippen molar-refractivity contribution in [2.24, 2.45) is 17.3 Å². The molecule has 1 heterocycles. The maximum Gasteiger partial charge on any atom is 0.187 e. The molecule has 0 amide bonds. The SMILES string of the molecule is C[C@@]1(CO)[C@H]2CC=C(CO[C@@H]3O[C@H](CO)[C@@H](O)[C@H](O)[C@H]3O)[C@@H]1C2. The van der Waals surface area contributed by atoms with Gasteiger partial charge in [0.1, 0.15) is 24.4 Å². The van der Waals surface area contributed by atoms with E-state index in [2.05, 4.69) is 13.0 Å². The van der Waals surface area contributed by atoms with Gasteiger partial charge in [0.15, 0.2) is 6.29 Å².